The molecule has 6 heteroatoms. The Morgan fingerprint density at radius 1 is 1.31 bits per heavy atom. The molecule has 1 saturated carbocycles. The maximum absolute atomic E-state index is 12.3. The SMILES string of the molecule is C[C@@H]1[C@H](C)CCC[C@H]1NC(=O)[C@@H](C)OC(=O)COc1ccccc1C#N. The molecule has 0 heterocycles. The Bertz CT molecular complexity index is 683. The van der Waals surface area contributed by atoms with E-state index < -0.39 is 12.1 Å². The predicted molar refractivity (Wildman–Crippen MR) is 96.3 cm³/mol. The largest absolute Gasteiger partial charge is 0.481 e. The van der Waals surface area contributed by atoms with Crippen LogP contribution >= 0.6 is 0 Å². The van der Waals surface area contributed by atoms with Gasteiger partial charge in [0.15, 0.2) is 12.7 Å². The molecule has 1 N–H and O–H groups in total. The summed E-state index contributed by atoms with van der Waals surface area (Å²) in [6.45, 7) is 5.54. The molecule has 0 saturated heterocycles. The van der Waals surface area contributed by atoms with Crippen LogP contribution in [-0.2, 0) is 14.3 Å². The number of nitrogens with zero attached hydrogens (tertiary/aromatic N) is 1. The first-order chi connectivity index (χ1) is 12.4. The molecular formula is C20H26N2O4. The van der Waals surface area contributed by atoms with E-state index in [4.69, 9.17) is 14.7 Å². The number of hydrogen-bond donors (Lipinski definition) is 1. The fourth-order valence-electron chi connectivity index (χ4n) is 3.19. The highest BCUT2D eigenvalue weighted by Crippen LogP contribution is 2.29. The molecule has 1 fully saturated rings. The van der Waals surface area contributed by atoms with Gasteiger partial charge in [-0.3, -0.25) is 4.79 Å². The van der Waals surface area contributed by atoms with E-state index in [1.54, 1.807) is 31.2 Å². The van der Waals surface area contributed by atoms with E-state index in [-0.39, 0.29) is 18.6 Å². The van der Waals surface area contributed by atoms with Crippen molar-refractivity contribution < 1.29 is 19.1 Å². The van der Waals surface area contributed by atoms with Crippen molar-refractivity contribution in [3.63, 3.8) is 0 Å². The summed E-state index contributed by atoms with van der Waals surface area (Å²) in [5.74, 6) is 0.350. The maximum Gasteiger partial charge on any atom is 0.344 e. The first-order valence-corrected chi connectivity index (χ1v) is 9.04. The van der Waals surface area contributed by atoms with Crippen LogP contribution in [-0.4, -0.2) is 30.6 Å². The van der Waals surface area contributed by atoms with Crippen molar-refractivity contribution in [1.82, 2.24) is 5.32 Å². The van der Waals surface area contributed by atoms with E-state index in [0.29, 0.717) is 23.1 Å². The van der Waals surface area contributed by atoms with Gasteiger partial charge in [-0.1, -0.05) is 38.8 Å². The third kappa shape index (κ3) is 5.22. The van der Waals surface area contributed by atoms with Crippen molar-refractivity contribution in [2.24, 2.45) is 11.8 Å². The number of ether oxygens (including phenoxy) is 2. The zero-order valence-electron chi connectivity index (χ0n) is 15.5. The highest BCUT2D eigenvalue weighted by Gasteiger charge is 2.30. The molecule has 0 aromatic heterocycles. The van der Waals surface area contributed by atoms with Crippen LogP contribution in [0.2, 0.25) is 0 Å². The third-order valence-corrected chi connectivity index (χ3v) is 5.06. The standard InChI is InChI=1S/C20H26N2O4/c1-13-7-6-9-17(14(13)2)22-20(24)15(3)26-19(23)12-25-18-10-5-4-8-16(18)11-21/h4-5,8,10,13-15,17H,6-7,9,12H2,1-3H3,(H,22,24)/t13-,14-,15-,17-/m1/s1. The fourth-order valence-corrected chi connectivity index (χ4v) is 3.19. The number of rotatable bonds is 6. The van der Waals surface area contributed by atoms with E-state index in [9.17, 15) is 9.59 Å². The molecule has 0 radical (unpaired) electrons. The van der Waals surface area contributed by atoms with E-state index in [2.05, 4.69) is 19.2 Å². The molecule has 0 bridgehead atoms. The Morgan fingerprint density at radius 2 is 2.04 bits per heavy atom. The number of carbonyl (C=O) groups is 2. The summed E-state index contributed by atoms with van der Waals surface area (Å²) in [6.07, 6.45) is 2.34. The van der Waals surface area contributed by atoms with E-state index in [1.165, 1.54) is 6.42 Å². The van der Waals surface area contributed by atoms with Crippen LogP contribution in [0.1, 0.15) is 45.6 Å². The lowest BCUT2D eigenvalue weighted by Gasteiger charge is -2.35. The molecule has 4 atom stereocenters. The number of esters is 1. The van der Waals surface area contributed by atoms with Gasteiger partial charge in [0.1, 0.15) is 11.8 Å². The number of nitriles is 1. The quantitative estimate of drug-likeness (QED) is 0.790. The molecule has 140 valence electrons. The van der Waals surface area contributed by atoms with Crippen LogP contribution in [0.4, 0.5) is 0 Å². The average molecular weight is 358 g/mol. The summed E-state index contributed by atoms with van der Waals surface area (Å²) in [7, 11) is 0. The summed E-state index contributed by atoms with van der Waals surface area (Å²) in [4.78, 5) is 24.2. The van der Waals surface area contributed by atoms with Crippen molar-refractivity contribution in [1.29, 1.82) is 5.26 Å². The van der Waals surface area contributed by atoms with Crippen LogP contribution in [0.5, 0.6) is 5.75 Å². The molecule has 0 aliphatic heterocycles. The van der Waals surface area contributed by atoms with E-state index >= 15 is 0 Å². The van der Waals surface area contributed by atoms with Crippen LogP contribution < -0.4 is 10.1 Å². The number of carbonyl (C=O) groups excluding carboxylic acids is 2. The molecule has 26 heavy (non-hydrogen) atoms. The van der Waals surface area contributed by atoms with Gasteiger partial charge in [-0.25, -0.2) is 4.79 Å². The highest BCUT2D eigenvalue weighted by atomic mass is 16.6. The van der Waals surface area contributed by atoms with Crippen LogP contribution in [0.15, 0.2) is 24.3 Å². The van der Waals surface area contributed by atoms with Gasteiger partial charge in [-0.2, -0.15) is 5.26 Å². The Morgan fingerprint density at radius 3 is 2.77 bits per heavy atom. The van der Waals surface area contributed by atoms with Crippen molar-refractivity contribution in [2.75, 3.05) is 6.61 Å². The molecule has 1 aromatic carbocycles. The fraction of sp³-hybridized carbons (Fsp3) is 0.550. The second kappa shape index (κ2) is 9.23. The lowest BCUT2D eigenvalue weighted by atomic mass is 9.78. The Kier molecular flexibility index (Phi) is 7.02. The highest BCUT2D eigenvalue weighted by molar-refractivity contribution is 5.84. The first-order valence-electron chi connectivity index (χ1n) is 9.04. The topological polar surface area (TPSA) is 88.4 Å². The smallest absolute Gasteiger partial charge is 0.344 e. The zero-order valence-corrected chi connectivity index (χ0v) is 15.5. The second-order valence-corrected chi connectivity index (χ2v) is 6.91. The van der Waals surface area contributed by atoms with Crippen LogP contribution in [0.3, 0.4) is 0 Å². The molecule has 0 unspecified atom stereocenters. The summed E-state index contributed by atoms with van der Waals surface area (Å²) < 4.78 is 10.5. The number of benzene rings is 1. The second-order valence-electron chi connectivity index (χ2n) is 6.91. The summed E-state index contributed by atoms with van der Waals surface area (Å²) >= 11 is 0. The minimum Gasteiger partial charge on any atom is -0.481 e. The molecule has 1 aliphatic carbocycles. The van der Waals surface area contributed by atoms with Crippen LogP contribution in [0, 0.1) is 23.2 Å². The van der Waals surface area contributed by atoms with Crippen LogP contribution in [0.25, 0.3) is 0 Å². The predicted octanol–water partition coefficient (Wildman–Crippen LogP) is 2.81. The summed E-state index contributed by atoms with van der Waals surface area (Å²) in [6, 6.07) is 8.74. The Labute approximate surface area is 154 Å². The third-order valence-electron chi connectivity index (χ3n) is 5.06. The first kappa shape index (κ1) is 19.8. The van der Waals surface area contributed by atoms with Crippen molar-refractivity contribution in [3.8, 4) is 11.8 Å². The van der Waals surface area contributed by atoms with Crippen molar-refractivity contribution in [2.45, 2.75) is 52.2 Å². The lowest BCUT2D eigenvalue weighted by molar-refractivity contribution is -0.157. The Hall–Kier alpha value is -2.55. The van der Waals surface area contributed by atoms with E-state index in [0.717, 1.165) is 12.8 Å². The normalized spacial score (nSPS) is 23.4. The minimum atomic E-state index is -0.887. The summed E-state index contributed by atoms with van der Waals surface area (Å²) in [5.41, 5.74) is 0.339. The zero-order chi connectivity index (χ0) is 19.1. The Balaban J connectivity index is 1.81. The number of amides is 1. The van der Waals surface area contributed by atoms with Gasteiger partial charge in [0.05, 0.1) is 5.56 Å². The number of para-hydroxylation sites is 1. The number of nitrogens with one attached hydrogen (secondary N) is 1. The maximum atomic E-state index is 12.3. The molecule has 6 nitrogen and oxygen atoms in total. The lowest BCUT2D eigenvalue weighted by Crippen LogP contribution is -2.47. The van der Waals surface area contributed by atoms with Gasteiger partial charge in [0.2, 0.25) is 0 Å². The monoisotopic (exact) mass is 358 g/mol. The van der Waals surface area contributed by atoms with Gasteiger partial charge in [0.25, 0.3) is 5.91 Å². The minimum absolute atomic E-state index is 0.117. The summed E-state index contributed by atoms with van der Waals surface area (Å²) in [5, 5.41) is 12.0. The molecule has 1 aliphatic rings. The number of hydrogen-bond acceptors (Lipinski definition) is 5. The molecular weight excluding hydrogens is 332 g/mol. The van der Waals surface area contributed by atoms with Gasteiger partial charge >= 0.3 is 5.97 Å². The van der Waals surface area contributed by atoms with Gasteiger partial charge < -0.3 is 14.8 Å². The molecule has 0 spiro atoms. The van der Waals surface area contributed by atoms with Crippen molar-refractivity contribution >= 4 is 11.9 Å². The van der Waals surface area contributed by atoms with Gasteiger partial charge in [-0.05, 0) is 37.3 Å². The molecule has 2 rings (SSSR count). The van der Waals surface area contributed by atoms with E-state index in [1.807, 2.05) is 6.07 Å². The van der Waals surface area contributed by atoms with Crippen molar-refractivity contribution in [3.05, 3.63) is 29.8 Å². The molecule has 1 amide bonds. The molecule has 1 aromatic rings. The van der Waals surface area contributed by atoms with Gasteiger partial charge in [-0.15, -0.1) is 0 Å². The average Bonchev–Trinajstić information content (AvgIpc) is 2.63. The van der Waals surface area contributed by atoms with Gasteiger partial charge in [0, 0.05) is 6.04 Å².